The maximum atomic E-state index is 12.2. The number of hydrogen-bond donors (Lipinski definition) is 1. The van der Waals surface area contributed by atoms with Gasteiger partial charge < -0.3 is 19.5 Å². The van der Waals surface area contributed by atoms with Crippen molar-refractivity contribution in [2.45, 2.75) is 13.2 Å². The Morgan fingerprint density at radius 3 is 2.86 bits per heavy atom. The molecule has 5 nitrogen and oxygen atoms in total. The number of benzene rings is 2. The molecule has 2 aromatic rings. The molecule has 22 heavy (non-hydrogen) atoms. The first-order valence-corrected chi connectivity index (χ1v) is 7.13. The molecule has 1 aliphatic heterocycles. The van der Waals surface area contributed by atoms with Crippen LogP contribution in [0.15, 0.2) is 48.5 Å². The molecule has 0 bridgehead atoms. The third kappa shape index (κ3) is 3.31. The first-order valence-electron chi connectivity index (χ1n) is 7.13. The average Bonchev–Trinajstić information content (AvgIpc) is 2.75. The van der Waals surface area contributed by atoms with Crippen molar-refractivity contribution in [3.63, 3.8) is 0 Å². The van der Waals surface area contributed by atoms with E-state index in [-0.39, 0.29) is 18.4 Å². The number of phenols is 1. The van der Waals surface area contributed by atoms with E-state index in [0.717, 1.165) is 11.1 Å². The van der Waals surface area contributed by atoms with Crippen LogP contribution in [0.1, 0.15) is 11.1 Å². The van der Waals surface area contributed by atoms with Gasteiger partial charge in [0.1, 0.15) is 24.7 Å². The second kappa shape index (κ2) is 6.39. The van der Waals surface area contributed by atoms with Gasteiger partial charge in [0.15, 0.2) is 0 Å². The van der Waals surface area contributed by atoms with Crippen LogP contribution in [0.25, 0.3) is 0 Å². The molecule has 0 atom stereocenters. The van der Waals surface area contributed by atoms with Crippen LogP contribution in [0.5, 0.6) is 11.5 Å². The largest absolute Gasteiger partial charge is 0.508 e. The molecule has 5 heteroatoms. The topological polar surface area (TPSA) is 59.0 Å². The summed E-state index contributed by atoms with van der Waals surface area (Å²) in [6, 6.07) is 14.5. The Morgan fingerprint density at radius 1 is 1.23 bits per heavy atom. The minimum absolute atomic E-state index is 0.152. The first-order chi connectivity index (χ1) is 10.7. The molecule has 3 rings (SSSR count). The third-order valence-electron chi connectivity index (χ3n) is 3.49. The summed E-state index contributed by atoms with van der Waals surface area (Å²) < 4.78 is 10.9. The predicted octanol–water partition coefficient (Wildman–Crippen LogP) is 2.92. The van der Waals surface area contributed by atoms with E-state index in [1.54, 1.807) is 23.1 Å². The van der Waals surface area contributed by atoms with E-state index in [9.17, 15) is 9.90 Å². The van der Waals surface area contributed by atoms with Crippen LogP contribution < -0.4 is 4.74 Å². The summed E-state index contributed by atoms with van der Waals surface area (Å²) in [5.74, 6) is 0.761. The van der Waals surface area contributed by atoms with Gasteiger partial charge in [0, 0.05) is 11.6 Å². The summed E-state index contributed by atoms with van der Waals surface area (Å²) in [6.45, 7) is 1.47. The Kier molecular flexibility index (Phi) is 4.14. The number of ether oxygens (including phenoxy) is 2. The number of aromatic hydroxyl groups is 1. The maximum Gasteiger partial charge on any atom is 0.410 e. The minimum atomic E-state index is -0.367. The lowest BCUT2D eigenvalue weighted by Crippen LogP contribution is -2.32. The highest BCUT2D eigenvalue weighted by Crippen LogP contribution is 2.27. The van der Waals surface area contributed by atoms with Gasteiger partial charge in [-0.15, -0.1) is 0 Å². The number of carbonyl (C=O) groups excluding carboxylic acids is 1. The van der Waals surface area contributed by atoms with Crippen LogP contribution in [0.3, 0.4) is 0 Å². The molecule has 0 fully saturated rings. The summed E-state index contributed by atoms with van der Waals surface area (Å²) in [6.07, 6.45) is -0.367. The van der Waals surface area contributed by atoms with Gasteiger partial charge >= 0.3 is 6.09 Å². The van der Waals surface area contributed by atoms with Crippen LogP contribution in [0.2, 0.25) is 0 Å². The highest BCUT2D eigenvalue weighted by atomic mass is 16.6. The van der Waals surface area contributed by atoms with Crippen molar-refractivity contribution >= 4 is 6.09 Å². The number of phenolic OH excluding ortho intramolecular Hbond substituents is 1. The van der Waals surface area contributed by atoms with E-state index >= 15 is 0 Å². The molecule has 0 radical (unpaired) electrons. The number of carbonyl (C=O) groups is 1. The van der Waals surface area contributed by atoms with E-state index in [4.69, 9.17) is 9.47 Å². The average molecular weight is 299 g/mol. The molecule has 1 amide bonds. The Balaban J connectivity index is 1.64. The lowest BCUT2D eigenvalue weighted by atomic mass is 10.2. The number of fused-ring (bicyclic) bond motifs is 1. The SMILES string of the molecule is O=C(OCc1ccccc1)N1CCOc2cc(O)ccc2C1. The molecule has 1 N–H and O–H groups in total. The van der Waals surface area contributed by atoms with Crippen molar-refractivity contribution in [1.82, 2.24) is 4.90 Å². The number of nitrogens with zero attached hydrogens (tertiary/aromatic N) is 1. The first kappa shape index (κ1) is 14.3. The van der Waals surface area contributed by atoms with Crippen molar-refractivity contribution in [2.24, 2.45) is 0 Å². The van der Waals surface area contributed by atoms with Gasteiger partial charge in [-0.3, -0.25) is 0 Å². The van der Waals surface area contributed by atoms with Gasteiger partial charge in [-0.2, -0.15) is 0 Å². The monoisotopic (exact) mass is 299 g/mol. The molecule has 0 spiro atoms. The summed E-state index contributed by atoms with van der Waals surface area (Å²) in [7, 11) is 0. The second-order valence-electron chi connectivity index (χ2n) is 5.10. The predicted molar refractivity (Wildman–Crippen MR) is 80.6 cm³/mol. The van der Waals surface area contributed by atoms with E-state index in [1.165, 1.54) is 0 Å². The molecule has 1 aliphatic rings. The fourth-order valence-corrected chi connectivity index (χ4v) is 2.33. The smallest absolute Gasteiger partial charge is 0.410 e. The quantitative estimate of drug-likeness (QED) is 0.926. The molecule has 2 aromatic carbocycles. The van der Waals surface area contributed by atoms with E-state index in [2.05, 4.69) is 0 Å². The maximum absolute atomic E-state index is 12.2. The molecule has 0 unspecified atom stereocenters. The summed E-state index contributed by atoms with van der Waals surface area (Å²) in [5.41, 5.74) is 1.80. The fraction of sp³-hybridized carbons (Fsp3) is 0.235. The summed E-state index contributed by atoms with van der Waals surface area (Å²) >= 11 is 0. The van der Waals surface area contributed by atoms with Crippen molar-refractivity contribution in [2.75, 3.05) is 13.2 Å². The van der Waals surface area contributed by atoms with E-state index < -0.39 is 0 Å². The normalized spacial score (nSPS) is 13.7. The lowest BCUT2D eigenvalue weighted by molar-refractivity contribution is 0.0913. The second-order valence-corrected chi connectivity index (χ2v) is 5.10. The zero-order valence-electron chi connectivity index (χ0n) is 12.1. The van der Waals surface area contributed by atoms with Gasteiger partial charge in [0.05, 0.1) is 13.1 Å². The molecule has 0 saturated carbocycles. The van der Waals surface area contributed by atoms with Crippen molar-refractivity contribution < 1.29 is 19.4 Å². The number of amides is 1. The zero-order chi connectivity index (χ0) is 15.4. The van der Waals surface area contributed by atoms with Crippen LogP contribution in [-0.2, 0) is 17.9 Å². The Labute approximate surface area is 128 Å². The van der Waals surface area contributed by atoms with Gasteiger partial charge in [0.25, 0.3) is 0 Å². The lowest BCUT2D eigenvalue weighted by Gasteiger charge is -2.19. The zero-order valence-corrected chi connectivity index (χ0v) is 12.1. The number of hydrogen-bond acceptors (Lipinski definition) is 4. The highest BCUT2D eigenvalue weighted by Gasteiger charge is 2.21. The Bertz CT molecular complexity index is 657. The van der Waals surface area contributed by atoms with Crippen LogP contribution >= 0.6 is 0 Å². The van der Waals surface area contributed by atoms with Gasteiger partial charge in [-0.1, -0.05) is 30.3 Å². The summed E-state index contributed by atoms with van der Waals surface area (Å²) in [4.78, 5) is 13.8. The molecular weight excluding hydrogens is 282 g/mol. The van der Waals surface area contributed by atoms with E-state index in [0.29, 0.717) is 25.4 Å². The molecular formula is C17H17NO4. The standard InChI is InChI=1S/C17H17NO4/c19-15-7-6-14-11-18(8-9-21-16(14)10-15)17(20)22-12-13-4-2-1-3-5-13/h1-7,10,19H,8-9,11-12H2. The van der Waals surface area contributed by atoms with Crippen molar-refractivity contribution in [1.29, 1.82) is 0 Å². The van der Waals surface area contributed by atoms with Crippen LogP contribution in [0, 0.1) is 0 Å². The Morgan fingerprint density at radius 2 is 2.05 bits per heavy atom. The molecule has 1 heterocycles. The molecule has 0 saturated heterocycles. The fourth-order valence-electron chi connectivity index (χ4n) is 2.33. The summed E-state index contributed by atoms with van der Waals surface area (Å²) in [5, 5.41) is 9.48. The van der Waals surface area contributed by atoms with Crippen molar-refractivity contribution in [3.05, 3.63) is 59.7 Å². The van der Waals surface area contributed by atoms with Gasteiger partial charge in [-0.25, -0.2) is 4.79 Å². The molecule has 0 aromatic heterocycles. The van der Waals surface area contributed by atoms with Gasteiger partial charge in [0.2, 0.25) is 0 Å². The molecule has 114 valence electrons. The number of rotatable bonds is 2. The van der Waals surface area contributed by atoms with Crippen LogP contribution in [0.4, 0.5) is 4.79 Å². The molecule has 0 aliphatic carbocycles. The van der Waals surface area contributed by atoms with E-state index in [1.807, 2.05) is 30.3 Å². The minimum Gasteiger partial charge on any atom is -0.508 e. The Hall–Kier alpha value is -2.69. The highest BCUT2D eigenvalue weighted by molar-refractivity contribution is 5.68. The van der Waals surface area contributed by atoms with Gasteiger partial charge in [-0.05, 0) is 17.7 Å². The van der Waals surface area contributed by atoms with Crippen LogP contribution in [-0.4, -0.2) is 29.3 Å². The third-order valence-corrected chi connectivity index (χ3v) is 3.49. The van der Waals surface area contributed by atoms with Crippen molar-refractivity contribution in [3.8, 4) is 11.5 Å².